The molecule has 1 aromatic carbocycles. The lowest BCUT2D eigenvalue weighted by atomic mass is 10.1. The molecule has 6 nitrogen and oxygen atoms in total. The van der Waals surface area contributed by atoms with Crippen LogP contribution in [0.5, 0.6) is 0 Å². The highest BCUT2D eigenvalue weighted by Gasteiger charge is 2.20. The van der Waals surface area contributed by atoms with Crippen molar-refractivity contribution in [3.05, 3.63) is 29.3 Å². The number of rotatable bonds is 5. The van der Waals surface area contributed by atoms with Crippen LogP contribution in [0, 0.1) is 11.3 Å². The van der Waals surface area contributed by atoms with Gasteiger partial charge in [-0.1, -0.05) is 6.07 Å². The summed E-state index contributed by atoms with van der Waals surface area (Å²) >= 11 is 1.40. The van der Waals surface area contributed by atoms with Crippen LogP contribution in [0.15, 0.2) is 28.3 Å². The maximum atomic E-state index is 9.29. The number of hydrogen-bond acceptors (Lipinski definition) is 6. The molecule has 1 aliphatic carbocycles. The zero-order valence-electron chi connectivity index (χ0n) is 11.1. The van der Waals surface area contributed by atoms with Gasteiger partial charge in [0.25, 0.3) is 0 Å². The van der Waals surface area contributed by atoms with Crippen molar-refractivity contribution in [2.75, 3.05) is 0 Å². The van der Waals surface area contributed by atoms with E-state index in [-0.39, 0.29) is 0 Å². The molecular formula is C13H14N6S. The fourth-order valence-corrected chi connectivity index (χ4v) is 2.61. The summed E-state index contributed by atoms with van der Waals surface area (Å²) in [4.78, 5) is 0.876. The SMILES string of the molecule is Cn1nnnc1Sc1ccc(CNC2CC2)cc1C#N. The van der Waals surface area contributed by atoms with Gasteiger partial charge in [-0.05, 0) is 52.7 Å². The molecule has 1 heterocycles. The third kappa shape index (κ3) is 2.98. The smallest absolute Gasteiger partial charge is 0.213 e. The Balaban J connectivity index is 1.76. The maximum Gasteiger partial charge on any atom is 0.213 e. The Morgan fingerprint density at radius 3 is 3.00 bits per heavy atom. The van der Waals surface area contributed by atoms with E-state index in [2.05, 4.69) is 26.9 Å². The van der Waals surface area contributed by atoms with E-state index in [0.717, 1.165) is 17.0 Å². The molecule has 0 atom stereocenters. The lowest BCUT2D eigenvalue weighted by molar-refractivity contribution is 0.664. The van der Waals surface area contributed by atoms with E-state index in [4.69, 9.17) is 0 Å². The van der Waals surface area contributed by atoms with Crippen LogP contribution in [0.3, 0.4) is 0 Å². The first-order chi connectivity index (χ1) is 9.76. The molecule has 0 saturated heterocycles. The summed E-state index contributed by atoms with van der Waals surface area (Å²) in [7, 11) is 1.78. The summed E-state index contributed by atoms with van der Waals surface area (Å²) in [6.45, 7) is 0.815. The highest BCUT2D eigenvalue weighted by Crippen LogP contribution is 2.29. The van der Waals surface area contributed by atoms with Crippen molar-refractivity contribution >= 4 is 11.8 Å². The summed E-state index contributed by atoms with van der Waals surface area (Å²) in [5.74, 6) is 0. The predicted molar refractivity (Wildman–Crippen MR) is 73.9 cm³/mol. The first kappa shape index (κ1) is 13.1. The van der Waals surface area contributed by atoms with Gasteiger partial charge in [-0.2, -0.15) is 5.26 Å². The van der Waals surface area contributed by atoms with E-state index in [1.165, 1.54) is 24.6 Å². The molecule has 0 spiro atoms. The average molecular weight is 286 g/mol. The Kier molecular flexibility index (Phi) is 3.67. The Morgan fingerprint density at radius 1 is 1.50 bits per heavy atom. The van der Waals surface area contributed by atoms with E-state index in [0.29, 0.717) is 16.8 Å². The van der Waals surface area contributed by atoms with Crippen molar-refractivity contribution in [1.82, 2.24) is 25.5 Å². The van der Waals surface area contributed by atoms with Crippen LogP contribution in [0.1, 0.15) is 24.0 Å². The molecule has 3 rings (SSSR count). The van der Waals surface area contributed by atoms with Crippen molar-refractivity contribution in [2.24, 2.45) is 7.05 Å². The molecule has 1 aromatic heterocycles. The van der Waals surface area contributed by atoms with Crippen molar-refractivity contribution in [1.29, 1.82) is 5.26 Å². The topological polar surface area (TPSA) is 79.4 Å². The van der Waals surface area contributed by atoms with Crippen LogP contribution >= 0.6 is 11.8 Å². The molecule has 0 aliphatic heterocycles. The predicted octanol–water partition coefficient (Wildman–Crippen LogP) is 1.48. The minimum absolute atomic E-state index is 0.660. The number of hydrogen-bond donors (Lipinski definition) is 1. The van der Waals surface area contributed by atoms with Crippen LogP contribution in [0.2, 0.25) is 0 Å². The van der Waals surface area contributed by atoms with Gasteiger partial charge in [0.1, 0.15) is 6.07 Å². The van der Waals surface area contributed by atoms with Crippen molar-refractivity contribution in [2.45, 2.75) is 35.5 Å². The third-order valence-corrected chi connectivity index (χ3v) is 4.22. The summed E-state index contributed by atoms with van der Waals surface area (Å²) in [6.07, 6.45) is 2.52. The molecule has 20 heavy (non-hydrogen) atoms. The van der Waals surface area contributed by atoms with E-state index >= 15 is 0 Å². The van der Waals surface area contributed by atoms with Crippen molar-refractivity contribution in [3.8, 4) is 6.07 Å². The molecule has 0 radical (unpaired) electrons. The van der Waals surface area contributed by atoms with Gasteiger partial charge in [-0.3, -0.25) is 0 Å². The van der Waals surface area contributed by atoms with Crippen LogP contribution in [0.25, 0.3) is 0 Å². The molecule has 1 saturated carbocycles. The molecule has 1 aliphatic rings. The summed E-state index contributed by atoms with van der Waals surface area (Å²) in [5.41, 5.74) is 1.79. The van der Waals surface area contributed by atoms with Gasteiger partial charge in [0.2, 0.25) is 5.16 Å². The zero-order chi connectivity index (χ0) is 13.9. The van der Waals surface area contributed by atoms with Gasteiger partial charge >= 0.3 is 0 Å². The second kappa shape index (κ2) is 5.61. The van der Waals surface area contributed by atoms with Gasteiger partial charge in [0.05, 0.1) is 5.56 Å². The quantitative estimate of drug-likeness (QED) is 0.897. The fraction of sp³-hybridized carbons (Fsp3) is 0.385. The minimum atomic E-state index is 0.660. The van der Waals surface area contributed by atoms with Gasteiger partial charge in [-0.25, -0.2) is 4.68 Å². The number of nitriles is 1. The van der Waals surface area contributed by atoms with Crippen LogP contribution < -0.4 is 5.32 Å². The van der Waals surface area contributed by atoms with Crippen LogP contribution in [0.4, 0.5) is 0 Å². The summed E-state index contributed by atoms with van der Waals surface area (Å²) < 4.78 is 1.59. The van der Waals surface area contributed by atoms with Gasteiger partial charge in [0.15, 0.2) is 0 Å². The van der Waals surface area contributed by atoms with Gasteiger partial charge in [-0.15, -0.1) is 5.10 Å². The maximum absolute atomic E-state index is 9.29. The molecular weight excluding hydrogens is 272 g/mol. The molecule has 0 amide bonds. The first-order valence-electron chi connectivity index (χ1n) is 6.43. The fourth-order valence-electron chi connectivity index (χ4n) is 1.82. The highest BCUT2D eigenvalue weighted by molar-refractivity contribution is 7.99. The van der Waals surface area contributed by atoms with Crippen LogP contribution in [-0.2, 0) is 13.6 Å². The van der Waals surface area contributed by atoms with E-state index in [1.54, 1.807) is 11.7 Å². The number of nitrogens with zero attached hydrogens (tertiary/aromatic N) is 5. The lowest BCUT2D eigenvalue weighted by Crippen LogP contribution is -2.15. The molecule has 0 unspecified atom stereocenters. The minimum Gasteiger partial charge on any atom is -0.310 e. The number of benzene rings is 1. The van der Waals surface area contributed by atoms with E-state index < -0.39 is 0 Å². The number of aryl methyl sites for hydroxylation is 1. The Hall–Kier alpha value is -1.91. The van der Waals surface area contributed by atoms with E-state index in [9.17, 15) is 5.26 Å². The molecule has 1 fully saturated rings. The van der Waals surface area contributed by atoms with Gasteiger partial charge < -0.3 is 5.32 Å². The zero-order valence-corrected chi connectivity index (χ0v) is 11.9. The Bertz CT molecular complexity index is 655. The largest absolute Gasteiger partial charge is 0.310 e. The number of aromatic nitrogens is 4. The standard InChI is InChI=1S/C13H14N6S/c1-19-13(16-17-18-19)20-12-5-2-9(6-10(12)7-14)8-15-11-3-4-11/h2,5-6,11,15H,3-4,8H2,1H3. The summed E-state index contributed by atoms with van der Waals surface area (Å²) in [6, 6.07) is 8.85. The Labute approximate surface area is 121 Å². The second-order valence-corrected chi connectivity index (χ2v) is 5.79. The molecule has 7 heteroatoms. The normalized spacial score (nSPS) is 14.2. The van der Waals surface area contributed by atoms with Gasteiger partial charge in [0, 0.05) is 24.5 Å². The Morgan fingerprint density at radius 2 is 2.35 bits per heavy atom. The van der Waals surface area contributed by atoms with Crippen molar-refractivity contribution < 1.29 is 0 Å². The third-order valence-electron chi connectivity index (χ3n) is 3.12. The van der Waals surface area contributed by atoms with Crippen LogP contribution in [-0.4, -0.2) is 26.2 Å². The number of nitrogens with one attached hydrogen (secondary N) is 1. The number of tetrazole rings is 1. The molecule has 102 valence electrons. The highest BCUT2D eigenvalue weighted by atomic mass is 32.2. The molecule has 2 aromatic rings. The monoisotopic (exact) mass is 286 g/mol. The molecule has 0 bridgehead atoms. The average Bonchev–Trinajstić information content (AvgIpc) is 3.21. The first-order valence-corrected chi connectivity index (χ1v) is 7.24. The second-order valence-electron chi connectivity index (χ2n) is 4.78. The lowest BCUT2D eigenvalue weighted by Gasteiger charge is -2.07. The molecule has 1 N–H and O–H groups in total. The summed E-state index contributed by atoms with van der Waals surface area (Å²) in [5, 5.41) is 24.7. The van der Waals surface area contributed by atoms with E-state index in [1.807, 2.05) is 18.2 Å². The van der Waals surface area contributed by atoms with Crippen molar-refractivity contribution in [3.63, 3.8) is 0 Å².